The van der Waals surface area contributed by atoms with E-state index in [1.807, 2.05) is 6.92 Å². The fraction of sp³-hybridized carbons (Fsp3) is 0.429. The van der Waals surface area contributed by atoms with Crippen LogP contribution in [0.1, 0.15) is 35.0 Å². The molecular formula is C14H17N3O4S. The molecule has 0 aliphatic heterocycles. The number of fused-ring (bicyclic) bond motifs is 1. The van der Waals surface area contributed by atoms with E-state index in [0.717, 1.165) is 6.42 Å². The summed E-state index contributed by atoms with van der Waals surface area (Å²) in [6, 6.07) is -0.732. The average molecular weight is 323 g/mol. The van der Waals surface area contributed by atoms with Crippen molar-refractivity contribution >= 4 is 39.3 Å². The molecule has 2 aromatic heterocycles. The topological polar surface area (TPSA) is 101 Å². The van der Waals surface area contributed by atoms with Crippen LogP contribution in [0.3, 0.4) is 0 Å². The van der Waals surface area contributed by atoms with Crippen molar-refractivity contribution in [1.29, 1.82) is 0 Å². The fourth-order valence-corrected chi connectivity index (χ4v) is 3.25. The van der Waals surface area contributed by atoms with Gasteiger partial charge < -0.3 is 15.2 Å². The quantitative estimate of drug-likeness (QED) is 0.787. The maximum Gasteiger partial charge on any atom is 0.348 e. The molecule has 0 bridgehead atoms. The molecule has 2 rings (SSSR count). The van der Waals surface area contributed by atoms with Crippen LogP contribution in [0.5, 0.6) is 0 Å². The van der Waals surface area contributed by atoms with E-state index in [-0.39, 0.29) is 0 Å². The number of carboxylic acids is 1. The zero-order valence-electron chi connectivity index (χ0n) is 12.5. The summed E-state index contributed by atoms with van der Waals surface area (Å²) in [7, 11) is 1.32. The van der Waals surface area contributed by atoms with Crippen LogP contribution in [0.25, 0.3) is 10.2 Å². The second-order valence-electron chi connectivity index (χ2n) is 4.77. The van der Waals surface area contributed by atoms with Crippen molar-refractivity contribution in [2.75, 3.05) is 12.4 Å². The number of nitrogens with one attached hydrogen (secondary N) is 1. The highest BCUT2D eigenvalue weighted by Crippen LogP contribution is 2.34. The predicted molar refractivity (Wildman–Crippen MR) is 83.4 cm³/mol. The molecule has 0 spiro atoms. The highest BCUT2D eigenvalue weighted by Gasteiger charge is 2.22. The Morgan fingerprint density at radius 2 is 2.18 bits per heavy atom. The number of carbonyl (C=O) groups is 2. The number of nitrogens with zero attached hydrogens (tertiary/aromatic N) is 2. The number of ether oxygens (including phenoxy) is 1. The van der Waals surface area contributed by atoms with Crippen LogP contribution in [-0.2, 0) is 9.53 Å². The number of rotatable bonds is 6. The molecule has 0 aliphatic carbocycles. The van der Waals surface area contributed by atoms with Gasteiger partial charge in [0, 0.05) is 0 Å². The highest BCUT2D eigenvalue weighted by atomic mass is 32.1. The molecule has 0 fully saturated rings. The number of anilines is 1. The van der Waals surface area contributed by atoms with Crippen molar-refractivity contribution in [3.63, 3.8) is 0 Å². The normalized spacial score (nSPS) is 12.1. The molecule has 0 saturated carbocycles. The van der Waals surface area contributed by atoms with Crippen molar-refractivity contribution in [1.82, 2.24) is 9.97 Å². The van der Waals surface area contributed by atoms with E-state index in [0.29, 0.717) is 32.9 Å². The summed E-state index contributed by atoms with van der Waals surface area (Å²) in [6.45, 7) is 3.69. The van der Waals surface area contributed by atoms with Crippen LogP contribution in [0, 0.1) is 6.92 Å². The molecule has 0 aromatic carbocycles. The summed E-state index contributed by atoms with van der Waals surface area (Å²) in [5.74, 6) is -0.945. The summed E-state index contributed by atoms with van der Waals surface area (Å²) in [4.78, 5) is 32.4. The average Bonchev–Trinajstić information content (AvgIpc) is 2.84. The van der Waals surface area contributed by atoms with Gasteiger partial charge in [0.2, 0.25) is 0 Å². The first-order valence-corrected chi connectivity index (χ1v) is 7.63. The summed E-state index contributed by atoms with van der Waals surface area (Å²) in [5.41, 5.74) is 0.690. The molecule has 2 N–H and O–H groups in total. The van der Waals surface area contributed by atoms with Crippen molar-refractivity contribution in [3.8, 4) is 0 Å². The lowest BCUT2D eigenvalue weighted by atomic mass is 10.1. The summed E-state index contributed by atoms with van der Waals surface area (Å²) < 4.78 is 4.75. The van der Waals surface area contributed by atoms with Crippen molar-refractivity contribution in [2.24, 2.45) is 0 Å². The molecule has 0 amide bonds. The largest absolute Gasteiger partial charge is 0.480 e. The number of carboxylic acid groups (broad SMARTS) is 1. The molecule has 2 aromatic rings. The van der Waals surface area contributed by atoms with Crippen LogP contribution in [0.4, 0.5) is 5.82 Å². The van der Waals surface area contributed by atoms with E-state index >= 15 is 0 Å². The van der Waals surface area contributed by atoms with Gasteiger partial charge in [0.05, 0.1) is 12.5 Å². The Morgan fingerprint density at radius 1 is 1.45 bits per heavy atom. The van der Waals surface area contributed by atoms with Gasteiger partial charge in [-0.1, -0.05) is 13.3 Å². The number of aryl methyl sites for hydroxylation is 1. The molecule has 0 saturated heterocycles. The Morgan fingerprint density at radius 3 is 2.77 bits per heavy atom. The zero-order valence-corrected chi connectivity index (χ0v) is 13.4. The number of esters is 1. The van der Waals surface area contributed by atoms with Gasteiger partial charge in [0.15, 0.2) is 0 Å². The van der Waals surface area contributed by atoms with Crippen LogP contribution in [0.15, 0.2) is 6.33 Å². The van der Waals surface area contributed by atoms with Crippen LogP contribution in [-0.4, -0.2) is 40.2 Å². The van der Waals surface area contributed by atoms with Gasteiger partial charge in [-0.3, -0.25) is 0 Å². The van der Waals surface area contributed by atoms with Gasteiger partial charge in [-0.15, -0.1) is 11.3 Å². The number of hydrogen-bond donors (Lipinski definition) is 2. The van der Waals surface area contributed by atoms with E-state index in [1.54, 1.807) is 6.92 Å². The lowest BCUT2D eigenvalue weighted by Gasteiger charge is -2.14. The maximum atomic E-state index is 11.8. The van der Waals surface area contributed by atoms with Crippen molar-refractivity contribution < 1.29 is 19.4 Å². The van der Waals surface area contributed by atoms with Gasteiger partial charge in [0.1, 0.15) is 27.9 Å². The van der Waals surface area contributed by atoms with E-state index in [9.17, 15) is 14.7 Å². The minimum Gasteiger partial charge on any atom is -0.480 e. The molecule has 8 heteroatoms. The molecule has 7 nitrogen and oxygen atoms in total. The first kappa shape index (κ1) is 16.2. The Kier molecular flexibility index (Phi) is 4.92. The van der Waals surface area contributed by atoms with E-state index < -0.39 is 18.0 Å². The SMILES string of the molecule is CCCC(Nc1ncnc2sc(C(=O)OC)c(C)c12)C(=O)O. The molecule has 22 heavy (non-hydrogen) atoms. The number of thiophene rings is 1. The predicted octanol–water partition coefficient (Wildman–Crippen LogP) is 2.45. The standard InChI is InChI=1S/C14H17N3O4S/c1-4-5-8(13(18)19)17-11-9-7(2)10(14(20)21-3)22-12(9)16-6-15-11/h6,8H,4-5H2,1-3H3,(H,18,19)(H,15,16,17). The zero-order chi connectivity index (χ0) is 16.3. The minimum atomic E-state index is -0.935. The molecular weight excluding hydrogens is 306 g/mol. The first-order valence-electron chi connectivity index (χ1n) is 6.81. The number of carbonyl (C=O) groups excluding carboxylic acids is 1. The van der Waals surface area contributed by atoms with Gasteiger partial charge in [-0.25, -0.2) is 19.6 Å². The highest BCUT2D eigenvalue weighted by molar-refractivity contribution is 7.20. The number of hydrogen-bond acceptors (Lipinski definition) is 7. The summed E-state index contributed by atoms with van der Waals surface area (Å²) in [5, 5.41) is 12.9. The smallest absolute Gasteiger partial charge is 0.348 e. The van der Waals surface area contributed by atoms with Gasteiger partial charge in [-0.2, -0.15) is 0 Å². The maximum absolute atomic E-state index is 11.8. The molecule has 118 valence electrons. The van der Waals surface area contributed by atoms with E-state index in [2.05, 4.69) is 15.3 Å². The lowest BCUT2D eigenvalue weighted by Crippen LogP contribution is -2.29. The first-order chi connectivity index (χ1) is 10.5. The van der Waals surface area contributed by atoms with Crippen molar-refractivity contribution in [3.05, 3.63) is 16.8 Å². The second kappa shape index (κ2) is 6.69. The molecule has 0 aliphatic rings. The van der Waals surface area contributed by atoms with Gasteiger partial charge in [-0.05, 0) is 18.9 Å². The third-order valence-electron chi connectivity index (χ3n) is 3.28. The molecule has 1 unspecified atom stereocenters. The van der Waals surface area contributed by atoms with Crippen LogP contribution in [0.2, 0.25) is 0 Å². The van der Waals surface area contributed by atoms with Crippen LogP contribution < -0.4 is 5.32 Å². The minimum absolute atomic E-state index is 0.426. The third-order valence-corrected chi connectivity index (χ3v) is 4.46. The summed E-state index contributed by atoms with van der Waals surface area (Å²) in [6.07, 6.45) is 2.56. The summed E-state index contributed by atoms with van der Waals surface area (Å²) >= 11 is 1.21. The molecule has 0 radical (unpaired) electrons. The van der Waals surface area contributed by atoms with E-state index in [4.69, 9.17) is 4.74 Å². The van der Waals surface area contributed by atoms with Gasteiger partial charge >= 0.3 is 11.9 Å². The number of methoxy groups -OCH3 is 1. The number of aliphatic carboxylic acids is 1. The molecule has 1 atom stereocenters. The van der Waals surface area contributed by atoms with Crippen LogP contribution >= 0.6 is 11.3 Å². The molecule has 2 heterocycles. The Bertz CT molecular complexity index is 713. The van der Waals surface area contributed by atoms with Crippen molar-refractivity contribution in [2.45, 2.75) is 32.7 Å². The third kappa shape index (κ3) is 3.01. The van der Waals surface area contributed by atoms with Gasteiger partial charge in [0.25, 0.3) is 0 Å². The Hall–Kier alpha value is -2.22. The lowest BCUT2D eigenvalue weighted by molar-refractivity contribution is -0.138. The number of aromatic nitrogens is 2. The fourth-order valence-electron chi connectivity index (χ4n) is 2.18. The van der Waals surface area contributed by atoms with E-state index in [1.165, 1.54) is 24.8 Å². The Labute approximate surface area is 131 Å². The monoisotopic (exact) mass is 323 g/mol. The Balaban J connectivity index is 2.48. The second-order valence-corrected chi connectivity index (χ2v) is 5.77.